The van der Waals surface area contributed by atoms with E-state index in [-0.39, 0.29) is 12.5 Å². The Labute approximate surface area is 147 Å². The number of amides is 1. The van der Waals surface area contributed by atoms with E-state index >= 15 is 0 Å². The second-order valence-electron chi connectivity index (χ2n) is 6.17. The Morgan fingerprint density at radius 3 is 2.44 bits per heavy atom. The van der Waals surface area contributed by atoms with Gasteiger partial charge < -0.3 is 15.0 Å². The van der Waals surface area contributed by atoms with Crippen LogP contribution >= 0.6 is 0 Å². The maximum absolute atomic E-state index is 12.7. The standard InChI is InChI=1S/C21H22N2O2/c1-15-11-20(16(2)23(15)13-17-7-4-3-5-8-17)21(25)22-19-10-6-9-18(12-19)14-24/h3-12,24H,13-14H2,1-2H3,(H,22,25). The average Bonchev–Trinajstić information content (AvgIpc) is 2.91. The number of nitrogens with one attached hydrogen (secondary N) is 1. The maximum atomic E-state index is 12.7. The summed E-state index contributed by atoms with van der Waals surface area (Å²) in [5.74, 6) is -0.137. The second-order valence-corrected chi connectivity index (χ2v) is 6.17. The van der Waals surface area contributed by atoms with Gasteiger partial charge in [0.15, 0.2) is 0 Å². The Morgan fingerprint density at radius 1 is 1.00 bits per heavy atom. The first-order chi connectivity index (χ1) is 12.1. The topological polar surface area (TPSA) is 54.3 Å². The van der Waals surface area contributed by atoms with Gasteiger partial charge in [-0.3, -0.25) is 4.79 Å². The van der Waals surface area contributed by atoms with E-state index in [0.717, 1.165) is 23.5 Å². The molecule has 0 unspecified atom stereocenters. The van der Waals surface area contributed by atoms with Crippen LogP contribution in [0.4, 0.5) is 5.69 Å². The van der Waals surface area contributed by atoms with Gasteiger partial charge in [0.2, 0.25) is 0 Å². The van der Waals surface area contributed by atoms with Gasteiger partial charge in [-0.05, 0) is 43.2 Å². The fraction of sp³-hybridized carbons (Fsp3) is 0.190. The maximum Gasteiger partial charge on any atom is 0.257 e. The number of aliphatic hydroxyl groups is 1. The average molecular weight is 334 g/mol. The molecule has 128 valence electrons. The zero-order valence-corrected chi connectivity index (χ0v) is 14.5. The molecule has 3 rings (SSSR count). The van der Waals surface area contributed by atoms with Crippen LogP contribution in [-0.4, -0.2) is 15.6 Å². The molecule has 2 aromatic carbocycles. The first-order valence-electron chi connectivity index (χ1n) is 8.30. The van der Waals surface area contributed by atoms with Gasteiger partial charge in [0, 0.05) is 23.6 Å². The highest BCUT2D eigenvalue weighted by atomic mass is 16.3. The van der Waals surface area contributed by atoms with Crippen LogP contribution in [0.1, 0.15) is 32.9 Å². The Balaban J connectivity index is 1.82. The Bertz CT molecular complexity index is 882. The molecule has 0 atom stereocenters. The van der Waals surface area contributed by atoms with Crippen LogP contribution in [0.3, 0.4) is 0 Å². The van der Waals surface area contributed by atoms with Crippen LogP contribution in [0.25, 0.3) is 0 Å². The molecule has 25 heavy (non-hydrogen) atoms. The van der Waals surface area contributed by atoms with E-state index in [4.69, 9.17) is 0 Å². The molecular weight excluding hydrogens is 312 g/mol. The molecule has 0 aliphatic carbocycles. The number of rotatable bonds is 5. The van der Waals surface area contributed by atoms with E-state index in [2.05, 4.69) is 22.0 Å². The molecule has 3 aromatic rings. The normalized spacial score (nSPS) is 10.7. The summed E-state index contributed by atoms with van der Waals surface area (Å²) in [5.41, 5.74) is 5.32. The van der Waals surface area contributed by atoms with Gasteiger partial charge in [0.25, 0.3) is 5.91 Å². The van der Waals surface area contributed by atoms with Crippen LogP contribution < -0.4 is 5.32 Å². The Kier molecular flexibility index (Phi) is 5.00. The smallest absolute Gasteiger partial charge is 0.257 e. The number of anilines is 1. The van der Waals surface area contributed by atoms with Crippen molar-refractivity contribution in [3.8, 4) is 0 Å². The third-order valence-corrected chi connectivity index (χ3v) is 4.37. The molecule has 0 bridgehead atoms. The van der Waals surface area contributed by atoms with E-state index in [0.29, 0.717) is 11.3 Å². The number of aromatic nitrogens is 1. The molecular formula is C21H22N2O2. The van der Waals surface area contributed by atoms with Crippen molar-refractivity contribution in [1.82, 2.24) is 4.57 Å². The second kappa shape index (κ2) is 7.36. The lowest BCUT2D eigenvalue weighted by atomic mass is 10.2. The van der Waals surface area contributed by atoms with Gasteiger partial charge in [-0.25, -0.2) is 0 Å². The van der Waals surface area contributed by atoms with Crippen molar-refractivity contribution in [3.05, 3.63) is 88.7 Å². The van der Waals surface area contributed by atoms with Crippen molar-refractivity contribution in [3.63, 3.8) is 0 Å². The minimum Gasteiger partial charge on any atom is -0.392 e. The molecule has 0 aliphatic rings. The molecule has 4 heteroatoms. The van der Waals surface area contributed by atoms with Gasteiger partial charge in [-0.1, -0.05) is 42.5 Å². The first-order valence-corrected chi connectivity index (χ1v) is 8.30. The van der Waals surface area contributed by atoms with Crippen molar-refractivity contribution in [2.24, 2.45) is 0 Å². The minimum absolute atomic E-state index is 0.0463. The first kappa shape index (κ1) is 17.0. The molecule has 0 spiro atoms. The van der Waals surface area contributed by atoms with E-state index in [9.17, 15) is 9.90 Å². The number of carbonyl (C=O) groups is 1. The summed E-state index contributed by atoms with van der Waals surface area (Å²) in [6.45, 7) is 4.68. The van der Waals surface area contributed by atoms with Crippen molar-refractivity contribution in [2.45, 2.75) is 27.0 Å². The van der Waals surface area contributed by atoms with E-state index in [1.165, 1.54) is 5.56 Å². The highest BCUT2D eigenvalue weighted by Gasteiger charge is 2.16. The molecule has 0 saturated carbocycles. The van der Waals surface area contributed by atoms with Gasteiger partial charge in [0.05, 0.1) is 12.2 Å². The zero-order valence-electron chi connectivity index (χ0n) is 14.5. The van der Waals surface area contributed by atoms with Crippen LogP contribution in [0.2, 0.25) is 0 Å². The monoisotopic (exact) mass is 334 g/mol. The summed E-state index contributed by atoms with van der Waals surface area (Å²) >= 11 is 0. The number of nitrogens with zero attached hydrogens (tertiary/aromatic N) is 1. The van der Waals surface area contributed by atoms with Gasteiger partial charge >= 0.3 is 0 Å². The fourth-order valence-corrected chi connectivity index (χ4v) is 2.99. The molecule has 1 aromatic heterocycles. The quantitative estimate of drug-likeness (QED) is 0.743. The van der Waals surface area contributed by atoms with Crippen LogP contribution in [0.15, 0.2) is 60.7 Å². The molecule has 4 nitrogen and oxygen atoms in total. The number of aliphatic hydroxyl groups excluding tert-OH is 1. The van der Waals surface area contributed by atoms with Crippen LogP contribution in [0, 0.1) is 13.8 Å². The van der Waals surface area contributed by atoms with Gasteiger partial charge in [0.1, 0.15) is 0 Å². The molecule has 1 amide bonds. The predicted octanol–water partition coefficient (Wildman–Crippen LogP) is 3.90. The summed E-state index contributed by atoms with van der Waals surface area (Å²) in [4.78, 5) is 12.7. The predicted molar refractivity (Wildman–Crippen MR) is 99.8 cm³/mol. The summed E-state index contributed by atoms with van der Waals surface area (Å²) in [5, 5.41) is 12.1. The summed E-state index contributed by atoms with van der Waals surface area (Å²) in [6.07, 6.45) is 0. The summed E-state index contributed by atoms with van der Waals surface area (Å²) < 4.78 is 2.15. The van der Waals surface area contributed by atoms with Crippen molar-refractivity contribution < 1.29 is 9.90 Å². The zero-order chi connectivity index (χ0) is 17.8. The van der Waals surface area contributed by atoms with E-state index < -0.39 is 0 Å². The highest BCUT2D eigenvalue weighted by Crippen LogP contribution is 2.19. The number of benzene rings is 2. The minimum atomic E-state index is -0.137. The third-order valence-electron chi connectivity index (χ3n) is 4.37. The molecule has 1 heterocycles. The molecule has 0 aliphatic heterocycles. The van der Waals surface area contributed by atoms with Gasteiger partial charge in [-0.15, -0.1) is 0 Å². The molecule has 2 N–H and O–H groups in total. The largest absolute Gasteiger partial charge is 0.392 e. The lowest BCUT2D eigenvalue weighted by Crippen LogP contribution is -2.13. The Hall–Kier alpha value is -2.85. The molecule has 0 saturated heterocycles. The summed E-state index contributed by atoms with van der Waals surface area (Å²) in [6, 6.07) is 19.4. The van der Waals surface area contributed by atoms with Crippen molar-refractivity contribution in [2.75, 3.05) is 5.32 Å². The van der Waals surface area contributed by atoms with Gasteiger partial charge in [-0.2, -0.15) is 0 Å². The summed E-state index contributed by atoms with van der Waals surface area (Å²) in [7, 11) is 0. The van der Waals surface area contributed by atoms with Crippen LogP contribution in [-0.2, 0) is 13.2 Å². The van der Waals surface area contributed by atoms with Crippen molar-refractivity contribution in [1.29, 1.82) is 0 Å². The lowest BCUT2D eigenvalue weighted by Gasteiger charge is -2.10. The number of aryl methyl sites for hydroxylation is 1. The Morgan fingerprint density at radius 2 is 1.72 bits per heavy atom. The molecule has 0 radical (unpaired) electrons. The fourth-order valence-electron chi connectivity index (χ4n) is 2.99. The van der Waals surface area contributed by atoms with Crippen LogP contribution in [0.5, 0.6) is 0 Å². The number of hydrogen-bond acceptors (Lipinski definition) is 2. The number of hydrogen-bond donors (Lipinski definition) is 2. The molecule has 0 fully saturated rings. The third kappa shape index (κ3) is 3.80. The van der Waals surface area contributed by atoms with E-state index in [1.807, 2.05) is 56.3 Å². The lowest BCUT2D eigenvalue weighted by molar-refractivity contribution is 0.102. The number of carbonyl (C=O) groups excluding carboxylic acids is 1. The highest BCUT2D eigenvalue weighted by molar-refractivity contribution is 6.05. The van der Waals surface area contributed by atoms with E-state index in [1.54, 1.807) is 6.07 Å². The van der Waals surface area contributed by atoms with Crippen molar-refractivity contribution >= 4 is 11.6 Å². The SMILES string of the molecule is Cc1cc(C(=O)Nc2cccc(CO)c2)c(C)n1Cc1ccccc1.